The van der Waals surface area contributed by atoms with Crippen LogP contribution in [0.3, 0.4) is 0 Å². The quantitative estimate of drug-likeness (QED) is 0.846. The number of rotatable bonds is 4. The van der Waals surface area contributed by atoms with Crippen LogP contribution in [0.5, 0.6) is 5.75 Å². The lowest BCUT2D eigenvalue weighted by molar-refractivity contribution is -0.120. The minimum Gasteiger partial charge on any atom is -0.410 e. The Morgan fingerprint density at radius 3 is 2.44 bits per heavy atom. The molecule has 0 spiro atoms. The van der Waals surface area contributed by atoms with E-state index in [0.717, 1.165) is 0 Å². The molecule has 1 rings (SSSR count). The summed E-state index contributed by atoms with van der Waals surface area (Å²) in [5, 5.41) is 2.40. The summed E-state index contributed by atoms with van der Waals surface area (Å²) >= 11 is 0. The number of Topliss-reactive ketones (excluding diaryl/α,β-unsaturated/α-hetero) is 1. The van der Waals surface area contributed by atoms with Crippen LogP contribution >= 0.6 is 0 Å². The van der Waals surface area contributed by atoms with E-state index in [2.05, 4.69) is 5.32 Å². The second-order valence-electron chi connectivity index (χ2n) is 3.68. The molecular weight excluding hydrogens is 206 g/mol. The first-order valence-electron chi connectivity index (χ1n) is 5.13. The minimum atomic E-state index is -0.611. The lowest BCUT2D eigenvalue weighted by Gasteiger charge is -2.07. The molecule has 1 aromatic carbocycles. The van der Waals surface area contributed by atoms with Crippen molar-refractivity contribution in [3.63, 3.8) is 0 Å². The number of amides is 1. The highest BCUT2D eigenvalue weighted by molar-refractivity contribution is 5.85. The van der Waals surface area contributed by atoms with Gasteiger partial charge < -0.3 is 10.1 Å². The van der Waals surface area contributed by atoms with Gasteiger partial charge in [0.15, 0.2) is 5.78 Å². The van der Waals surface area contributed by atoms with Crippen molar-refractivity contribution in [2.45, 2.75) is 13.8 Å². The second-order valence-corrected chi connectivity index (χ2v) is 3.68. The lowest BCUT2D eigenvalue weighted by atomic mass is 10.1. The summed E-state index contributed by atoms with van der Waals surface area (Å²) in [5.74, 6) is 0.346. The van der Waals surface area contributed by atoms with Crippen molar-refractivity contribution in [1.29, 1.82) is 0 Å². The highest BCUT2D eigenvalue weighted by Crippen LogP contribution is 2.07. The fraction of sp³-hybridized carbons (Fsp3) is 0.333. The van der Waals surface area contributed by atoms with Gasteiger partial charge in [-0.15, -0.1) is 0 Å². The summed E-state index contributed by atoms with van der Waals surface area (Å²) in [6, 6.07) is 8.70. The predicted molar refractivity (Wildman–Crippen MR) is 60.3 cm³/mol. The zero-order chi connectivity index (χ0) is 12.0. The predicted octanol–water partition coefficient (Wildman–Crippen LogP) is 2.00. The number of ketones is 1. The van der Waals surface area contributed by atoms with Crippen molar-refractivity contribution in [2.24, 2.45) is 5.92 Å². The average molecular weight is 221 g/mol. The number of para-hydroxylation sites is 1. The van der Waals surface area contributed by atoms with Gasteiger partial charge in [-0.05, 0) is 12.1 Å². The largest absolute Gasteiger partial charge is 0.412 e. The van der Waals surface area contributed by atoms with Gasteiger partial charge >= 0.3 is 6.09 Å². The molecule has 0 atom stereocenters. The molecule has 0 unspecified atom stereocenters. The van der Waals surface area contributed by atoms with Crippen molar-refractivity contribution in [2.75, 3.05) is 6.54 Å². The second kappa shape index (κ2) is 5.90. The molecular formula is C12H15NO3. The van der Waals surface area contributed by atoms with Crippen LogP contribution in [0.2, 0.25) is 0 Å². The Morgan fingerprint density at radius 2 is 1.88 bits per heavy atom. The van der Waals surface area contributed by atoms with Gasteiger partial charge in [0.25, 0.3) is 0 Å². The van der Waals surface area contributed by atoms with Crippen molar-refractivity contribution in [1.82, 2.24) is 5.32 Å². The van der Waals surface area contributed by atoms with E-state index >= 15 is 0 Å². The molecule has 86 valence electrons. The Kier molecular flexibility index (Phi) is 4.51. The van der Waals surface area contributed by atoms with E-state index in [-0.39, 0.29) is 18.2 Å². The Morgan fingerprint density at radius 1 is 1.25 bits per heavy atom. The molecule has 0 aliphatic carbocycles. The molecule has 0 saturated heterocycles. The molecule has 0 aromatic heterocycles. The van der Waals surface area contributed by atoms with Crippen molar-refractivity contribution in [3.8, 4) is 5.75 Å². The van der Waals surface area contributed by atoms with E-state index in [0.29, 0.717) is 5.75 Å². The zero-order valence-electron chi connectivity index (χ0n) is 9.40. The molecule has 0 saturated carbocycles. The van der Waals surface area contributed by atoms with Crippen LogP contribution < -0.4 is 10.1 Å². The van der Waals surface area contributed by atoms with Crippen molar-refractivity contribution >= 4 is 11.9 Å². The number of hydrogen-bond acceptors (Lipinski definition) is 3. The van der Waals surface area contributed by atoms with E-state index < -0.39 is 6.09 Å². The summed E-state index contributed by atoms with van der Waals surface area (Å²) in [5.41, 5.74) is 0. The van der Waals surface area contributed by atoms with Gasteiger partial charge in [-0.3, -0.25) is 4.79 Å². The standard InChI is InChI=1S/C12H15NO3/c1-9(2)11(14)8-13-12(15)16-10-6-4-3-5-7-10/h3-7,9H,8H2,1-2H3,(H,13,15). The lowest BCUT2D eigenvalue weighted by Crippen LogP contribution is -2.33. The average Bonchev–Trinajstić information content (AvgIpc) is 2.27. The zero-order valence-corrected chi connectivity index (χ0v) is 9.40. The topological polar surface area (TPSA) is 55.4 Å². The number of carbonyl (C=O) groups is 2. The molecule has 4 nitrogen and oxygen atoms in total. The first-order valence-corrected chi connectivity index (χ1v) is 5.13. The fourth-order valence-corrected chi connectivity index (χ4v) is 0.995. The van der Waals surface area contributed by atoms with E-state index in [1.165, 1.54) is 0 Å². The fourth-order valence-electron chi connectivity index (χ4n) is 0.995. The third-order valence-electron chi connectivity index (χ3n) is 2.00. The van der Waals surface area contributed by atoms with Crippen LogP contribution in [0.25, 0.3) is 0 Å². The normalized spacial score (nSPS) is 9.94. The Labute approximate surface area is 94.6 Å². The maximum atomic E-state index is 11.3. The molecule has 0 radical (unpaired) electrons. The molecule has 1 amide bonds. The number of benzene rings is 1. The van der Waals surface area contributed by atoms with Crippen LogP contribution in [-0.4, -0.2) is 18.4 Å². The molecule has 4 heteroatoms. The molecule has 1 N–H and O–H groups in total. The molecule has 0 aliphatic heterocycles. The van der Waals surface area contributed by atoms with Crippen LogP contribution in [0.4, 0.5) is 4.79 Å². The van der Waals surface area contributed by atoms with E-state index in [9.17, 15) is 9.59 Å². The molecule has 0 aliphatic rings. The Bertz CT molecular complexity index is 360. The summed E-state index contributed by atoms with van der Waals surface area (Å²) in [6.07, 6.45) is -0.611. The van der Waals surface area contributed by atoms with Crippen LogP contribution in [0.15, 0.2) is 30.3 Å². The van der Waals surface area contributed by atoms with E-state index in [1.807, 2.05) is 6.07 Å². The van der Waals surface area contributed by atoms with Gasteiger partial charge in [-0.1, -0.05) is 32.0 Å². The Hall–Kier alpha value is -1.84. The van der Waals surface area contributed by atoms with Crippen LogP contribution in [0, 0.1) is 5.92 Å². The maximum absolute atomic E-state index is 11.3. The third-order valence-corrected chi connectivity index (χ3v) is 2.00. The SMILES string of the molecule is CC(C)C(=O)CNC(=O)Oc1ccccc1. The molecule has 16 heavy (non-hydrogen) atoms. The van der Waals surface area contributed by atoms with Crippen LogP contribution in [-0.2, 0) is 4.79 Å². The first kappa shape index (κ1) is 12.2. The minimum absolute atomic E-state index is 0.00331. The number of ether oxygens (including phenoxy) is 1. The molecule has 1 aromatic rings. The van der Waals surface area contributed by atoms with Gasteiger partial charge in [0.2, 0.25) is 0 Å². The van der Waals surface area contributed by atoms with E-state index in [4.69, 9.17) is 4.74 Å². The Balaban J connectivity index is 2.35. The monoisotopic (exact) mass is 221 g/mol. The maximum Gasteiger partial charge on any atom is 0.412 e. The van der Waals surface area contributed by atoms with Crippen LogP contribution in [0.1, 0.15) is 13.8 Å². The van der Waals surface area contributed by atoms with Gasteiger partial charge in [0.1, 0.15) is 5.75 Å². The van der Waals surface area contributed by atoms with Gasteiger partial charge in [-0.25, -0.2) is 4.79 Å². The van der Waals surface area contributed by atoms with E-state index in [1.54, 1.807) is 38.1 Å². The first-order chi connectivity index (χ1) is 7.59. The number of carbonyl (C=O) groups excluding carboxylic acids is 2. The van der Waals surface area contributed by atoms with Gasteiger partial charge in [0.05, 0.1) is 6.54 Å². The van der Waals surface area contributed by atoms with Gasteiger partial charge in [0, 0.05) is 5.92 Å². The third kappa shape index (κ3) is 4.13. The van der Waals surface area contributed by atoms with Crippen molar-refractivity contribution < 1.29 is 14.3 Å². The summed E-state index contributed by atoms with van der Waals surface area (Å²) < 4.78 is 4.94. The summed E-state index contributed by atoms with van der Waals surface area (Å²) in [4.78, 5) is 22.5. The highest BCUT2D eigenvalue weighted by Gasteiger charge is 2.09. The highest BCUT2D eigenvalue weighted by atomic mass is 16.6. The summed E-state index contributed by atoms with van der Waals surface area (Å²) in [7, 11) is 0. The van der Waals surface area contributed by atoms with Gasteiger partial charge in [-0.2, -0.15) is 0 Å². The summed E-state index contributed by atoms with van der Waals surface area (Å²) in [6.45, 7) is 3.57. The molecule has 0 heterocycles. The van der Waals surface area contributed by atoms with Crippen molar-refractivity contribution in [3.05, 3.63) is 30.3 Å². The smallest absolute Gasteiger partial charge is 0.410 e. The number of nitrogens with one attached hydrogen (secondary N) is 1. The molecule has 0 bridgehead atoms. The molecule has 0 fully saturated rings. The number of hydrogen-bond donors (Lipinski definition) is 1.